The average Bonchev–Trinajstić information content (AvgIpc) is 2.68. The number of likely N-dealkylation sites (tertiary alicyclic amines) is 1. The predicted molar refractivity (Wildman–Crippen MR) is 108 cm³/mol. The second-order valence-electron chi connectivity index (χ2n) is 7.73. The lowest BCUT2D eigenvalue weighted by Crippen LogP contribution is -2.52. The molecule has 0 aliphatic carbocycles. The number of carbonyl (C=O) groups excluding carboxylic acids is 2. The molecule has 1 heterocycles. The van der Waals surface area contributed by atoms with Crippen molar-refractivity contribution in [2.45, 2.75) is 51.7 Å². The largest absolute Gasteiger partial charge is 0.497 e. The van der Waals surface area contributed by atoms with Crippen LogP contribution in [0.25, 0.3) is 0 Å². The number of carbonyl (C=O) groups is 2. The molecule has 1 aromatic carbocycles. The predicted octanol–water partition coefficient (Wildman–Crippen LogP) is 2.55. The fraction of sp³-hybridized carbons (Fsp3) is 0.619. The van der Waals surface area contributed by atoms with E-state index in [2.05, 4.69) is 32.4 Å². The Labute approximate surface area is 167 Å². The summed E-state index contributed by atoms with van der Waals surface area (Å²) in [6.07, 6.45) is 1.79. The Morgan fingerprint density at radius 2 is 1.93 bits per heavy atom. The van der Waals surface area contributed by atoms with Crippen LogP contribution in [0.15, 0.2) is 24.3 Å². The van der Waals surface area contributed by atoms with E-state index in [1.807, 2.05) is 26.0 Å². The zero-order valence-corrected chi connectivity index (χ0v) is 17.4. The molecule has 1 atom stereocenters. The van der Waals surface area contributed by atoms with Crippen LogP contribution in [0, 0.1) is 5.92 Å². The van der Waals surface area contributed by atoms with Gasteiger partial charge in [0.15, 0.2) is 0 Å². The minimum Gasteiger partial charge on any atom is -0.497 e. The summed E-state index contributed by atoms with van der Waals surface area (Å²) in [5.41, 5.74) is 1.22. The third kappa shape index (κ3) is 7.03. The molecule has 1 fully saturated rings. The fourth-order valence-corrected chi connectivity index (χ4v) is 3.47. The van der Waals surface area contributed by atoms with Crippen LogP contribution >= 0.6 is 0 Å². The Hall–Kier alpha value is -2.28. The molecule has 0 spiro atoms. The first-order valence-corrected chi connectivity index (χ1v) is 9.91. The molecule has 0 saturated carbocycles. The molecule has 2 rings (SSSR count). The van der Waals surface area contributed by atoms with Crippen LogP contribution in [0.3, 0.4) is 0 Å². The van der Waals surface area contributed by atoms with Crippen molar-refractivity contribution in [1.82, 2.24) is 15.5 Å². The van der Waals surface area contributed by atoms with Gasteiger partial charge in [-0.15, -0.1) is 0 Å². The van der Waals surface area contributed by atoms with Crippen molar-refractivity contribution in [3.05, 3.63) is 29.8 Å². The topological polar surface area (TPSA) is 79.9 Å². The molecule has 0 bridgehead atoms. The van der Waals surface area contributed by atoms with E-state index in [4.69, 9.17) is 4.74 Å². The molecule has 1 aliphatic rings. The second-order valence-corrected chi connectivity index (χ2v) is 7.73. The maximum Gasteiger partial charge on any atom is 0.407 e. The lowest BCUT2D eigenvalue weighted by atomic mass is 10.0. The maximum absolute atomic E-state index is 12.6. The van der Waals surface area contributed by atoms with Crippen molar-refractivity contribution in [2.24, 2.45) is 5.92 Å². The highest BCUT2D eigenvalue weighted by atomic mass is 16.5. The average molecular weight is 392 g/mol. The van der Waals surface area contributed by atoms with E-state index in [0.29, 0.717) is 6.42 Å². The van der Waals surface area contributed by atoms with Gasteiger partial charge in [-0.2, -0.15) is 0 Å². The van der Waals surface area contributed by atoms with Crippen molar-refractivity contribution in [1.29, 1.82) is 0 Å². The number of rotatable bonds is 8. The molecule has 28 heavy (non-hydrogen) atoms. The number of benzene rings is 1. The van der Waals surface area contributed by atoms with Crippen LogP contribution < -0.4 is 15.4 Å². The smallest absolute Gasteiger partial charge is 0.407 e. The second kappa shape index (κ2) is 10.9. The summed E-state index contributed by atoms with van der Waals surface area (Å²) in [6, 6.07) is 7.67. The fourth-order valence-electron chi connectivity index (χ4n) is 3.47. The molecule has 0 radical (unpaired) electrons. The van der Waals surface area contributed by atoms with Gasteiger partial charge in [-0.1, -0.05) is 26.0 Å². The van der Waals surface area contributed by atoms with Gasteiger partial charge >= 0.3 is 6.09 Å². The molecular weight excluding hydrogens is 358 g/mol. The van der Waals surface area contributed by atoms with Crippen LogP contribution in [-0.4, -0.2) is 56.3 Å². The van der Waals surface area contributed by atoms with E-state index in [9.17, 15) is 9.59 Å². The van der Waals surface area contributed by atoms with Crippen molar-refractivity contribution < 1.29 is 19.1 Å². The number of methoxy groups -OCH3 is 2. The number of ether oxygens (including phenoxy) is 2. The van der Waals surface area contributed by atoms with Gasteiger partial charge in [-0.05, 0) is 42.9 Å². The van der Waals surface area contributed by atoms with Crippen LogP contribution in [-0.2, 0) is 16.1 Å². The molecule has 1 aromatic rings. The van der Waals surface area contributed by atoms with E-state index >= 15 is 0 Å². The molecule has 7 heteroatoms. The van der Waals surface area contributed by atoms with Crippen LogP contribution in [0.4, 0.5) is 4.79 Å². The third-order valence-corrected chi connectivity index (χ3v) is 4.98. The standard InChI is InChI=1S/C21H33N3O4/c1-15(2)12-19(23-21(26)28-4)20(25)22-17-8-10-24(11-9-17)14-16-6-5-7-18(13-16)27-3/h5-7,13,15,17,19H,8-12,14H2,1-4H3,(H,22,25)(H,23,26). The Morgan fingerprint density at radius 3 is 2.54 bits per heavy atom. The summed E-state index contributed by atoms with van der Waals surface area (Å²) in [5.74, 6) is 1.02. The highest BCUT2D eigenvalue weighted by Gasteiger charge is 2.26. The SMILES string of the molecule is COC(=O)NC(CC(C)C)C(=O)NC1CCN(Cc2cccc(OC)c2)CC1. The van der Waals surface area contributed by atoms with E-state index < -0.39 is 12.1 Å². The zero-order chi connectivity index (χ0) is 20.5. The highest BCUT2D eigenvalue weighted by molar-refractivity contribution is 5.85. The third-order valence-electron chi connectivity index (χ3n) is 4.98. The van der Waals surface area contributed by atoms with E-state index in [1.54, 1.807) is 7.11 Å². The number of hydrogen-bond donors (Lipinski definition) is 2. The number of nitrogens with one attached hydrogen (secondary N) is 2. The summed E-state index contributed by atoms with van der Waals surface area (Å²) in [6.45, 7) is 6.76. The van der Waals surface area contributed by atoms with Gasteiger partial charge in [0.25, 0.3) is 0 Å². The summed E-state index contributed by atoms with van der Waals surface area (Å²) < 4.78 is 9.93. The molecule has 2 N–H and O–H groups in total. The van der Waals surface area contributed by atoms with Gasteiger partial charge in [0.2, 0.25) is 5.91 Å². The molecule has 156 valence electrons. The van der Waals surface area contributed by atoms with E-state index in [0.717, 1.165) is 38.2 Å². The van der Waals surface area contributed by atoms with Gasteiger partial charge in [-0.25, -0.2) is 4.79 Å². The number of alkyl carbamates (subject to hydrolysis) is 1. The first-order valence-electron chi connectivity index (χ1n) is 9.91. The summed E-state index contributed by atoms with van der Waals surface area (Å²) >= 11 is 0. The van der Waals surface area contributed by atoms with Crippen molar-refractivity contribution in [2.75, 3.05) is 27.3 Å². The first-order chi connectivity index (χ1) is 13.4. The van der Waals surface area contributed by atoms with Crippen molar-refractivity contribution >= 4 is 12.0 Å². The normalized spacial score (nSPS) is 16.5. The van der Waals surface area contributed by atoms with Crippen molar-refractivity contribution in [3.8, 4) is 5.75 Å². The van der Waals surface area contributed by atoms with Crippen molar-refractivity contribution in [3.63, 3.8) is 0 Å². The molecule has 2 amide bonds. The van der Waals surface area contributed by atoms with Crippen LogP contribution in [0.2, 0.25) is 0 Å². The minimum atomic E-state index is -0.575. The number of hydrogen-bond acceptors (Lipinski definition) is 5. The van der Waals surface area contributed by atoms with Gasteiger partial charge in [0, 0.05) is 25.7 Å². The molecule has 1 aliphatic heterocycles. The summed E-state index contributed by atoms with van der Waals surface area (Å²) in [5, 5.41) is 5.74. The zero-order valence-electron chi connectivity index (χ0n) is 17.4. The van der Waals surface area contributed by atoms with Gasteiger partial charge in [-0.3, -0.25) is 9.69 Å². The first kappa shape index (κ1) is 22.0. The van der Waals surface area contributed by atoms with E-state index in [-0.39, 0.29) is 17.9 Å². The molecule has 1 saturated heterocycles. The lowest BCUT2D eigenvalue weighted by molar-refractivity contribution is -0.124. The number of piperidine rings is 1. The maximum atomic E-state index is 12.6. The summed E-state index contributed by atoms with van der Waals surface area (Å²) in [7, 11) is 2.98. The number of amides is 2. The quantitative estimate of drug-likeness (QED) is 0.712. The Bertz CT molecular complexity index is 642. The Morgan fingerprint density at radius 1 is 1.21 bits per heavy atom. The van der Waals surface area contributed by atoms with Gasteiger partial charge in [0.05, 0.1) is 14.2 Å². The highest BCUT2D eigenvalue weighted by Crippen LogP contribution is 2.18. The Balaban J connectivity index is 1.82. The lowest BCUT2D eigenvalue weighted by Gasteiger charge is -2.33. The molecule has 0 aromatic heterocycles. The Kier molecular flexibility index (Phi) is 8.57. The molecule has 7 nitrogen and oxygen atoms in total. The van der Waals surface area contributed by atoms with Crippen LogP contribution in [0.1, 0.15) is 38.7 Å². The van der Waals surface area contributed by atoms with Gasteiger partial charge in [0.1, 0.15) is 11.8 Å². The molecular formula is C21H33N3O4. The minimum absolute atomic E-state index is 0.128. The number of nitrogens with zero attached hydrogens (tertiary/aromatic N) is 1. The molecule has 1 unspecified atom stereocenters. The summed E-state index contributed by atoms with van der Waals surface area (Å²) in [4.78, 5) is 26.6. The van der Waals surface area contributed by atoms with E-state index in [1.165, 1.54) is 12.7 Å². The van der Waals surface area contributed by atoms with Crippen LogP contribution in [0.5, 0.6) is 5.75 Å². The van der Waals surface area contributed by atoms with Gasteiger partial charge < -0.3 is 20.1 Å². The monoisotopic (exact) mass is 391 g/mol.